The van der Waals surface area contributed by atoms with Gasteiger partial charge in [-0.2, -0.15) is 0 Å². The van der Waals surface area contributed by atoms with E-state index in [2.05, 4.69) is 32.3 Å². The summed E-state index contributed by atoms with van der Waals surface area (Å²) in [5.41, 5.74) is 2.24. The van der Waals surface area contributed by atoms with Gasteiger partial charge in [0, 0.05) is 0 Å². The van der Waals surface area contributed by atoms with Crippen LogP contribution < -0.4 is 0 Å². The van der Waals surface area contributed by atoms with Crippen LogP contribution in [0.3, 0.4) is 0 Å². The van der Waals surface area contributed by atoms with E-state index in [1.165, 1.54) is 83.1 Å². The van der Waals surface area contributed by atoms with Crippen molar-refractivity contribution in [2.24, 2.45) is 0 Å². The second kappa shape index (κ2) is 13.0. The van der Waals surface area contributed by atoms with Crippen LogP contribution >= 0.6 is 0 Å². The second-order valence-corrected chi connectivity index (χ2v) is 11.7. The van der Waals surface area contributed by atoms with E-state index >= 15 is 0 Å². The zero-order valence-corrected chi connectivity index (χ0v) is 15.0. The van der Waals surface area contributed by atoms with Gasteiger partial charge in [-0.05, 0) is 0 Å². The molecule has 0 heterocycles. The average molecular weight is 283 g/mol. The molecule has 0 aliphatic heterocycles. The van der Waals surface area contributed by atoms with Crippen molar-refractivity contribution in [3.05, 3.63) is 12.3 Å². The highest BCUT2D eigenvalue weighted by Gasteiger charge is 2.14. The van der Waals surface area contributed by atoms with E-state index in [0.717, 1.165) is 0 Å². The van der Waals surface area contributed by atoms with Crippen LogP contribution in [0.15, 0.2) is 12.3 Å². The Balaban J connectivity index is 3.09. The molecule has 0 fully saturated rings. The summed E-state index contributed by atoms with van der Waals surface area (Å²) in [5.74, 6) is 0. The lowest BCUT2D eigenvalue weighted by Gasteiger charge is -2.16. The Bertz CT molecular complexity index is 196. The first-order valence-electron chi connectivity index (χ1n) is 8.76. The fraction of sp³-hybridized carbons (Fsp3) is 0.889. The van der Waals surface area contributed by atoms with Crippen LogP contribution in [-0.4, -0.2) is 8.07 Å². The summed E-state index contributed by atoms with van der Waals surface area (Å²) in [6, 6.07) is 1.44. The molecule has 0 aromatic carbocycles. The lowest BCUT2D eigenvalue weighted by atomic mass is 10.1. The molecule has 0 N–H and O–H groups in total. The molecule has 0 radical (unpaired) electrons. The Labute approximate surface area is 124 Å². The fourth-order valence-electron chi connectivity index (χ4n) is 2.52. The quantitative estimate of drug-likeness (QED) is 0.235. The Hall–Kier alpha value is -0.0431. The molecule has 19 heavy (non-hydrogen) atoms. The second-order valence-electron chi connectivity index (χ2n) is 6.83. The summed E-state index contributed by atoms with van der Waals surface area (Å²) >= 11 is 0. The number of unbranched alkanes of at least 4 members (excludes halogenated alkanes) is 11. The van der Waals surface area contributed by atoms with Crippen LogP contribution in [0.25, 0.3) is 0 Å². The van der Waals surface area contributed by atoms with Crippen molar-refractivity contribution in [1.82, 2.24) is 0 Å². The molecule has 0 aliphatic rings. The molecule has 0 spiro atoms. The van der Waals surface area contributed by atoms with Gasteiger partial charge in [-0.1, -0.05) is 103 Å². The summed E-state index contributed by atoms with van der Waals surface area (Å²) in [7, 11) is -1.01. The van der Waals surface area contributed by atoms with Crippen LogP contribution in [0.5, 0.6) is 0 Å². The van der Waals surface area contributed by atoms with Crippen molar-refractivity contribution in [2.75, 3.05) is 0 Å². The van der Waals surface area contributed by atoms with Gasteiger partial charge in [0.25, 0.3) is 0 Å². The van der Waals surface area contributed by atoms with Gasteiger partial charge in [-0.3, -0.25) is 0 Å². The highest BCUT2D eigenvalue weighted by Crippen LogP contribution is 2.17. The highest BCUT2D eigenvalue weighted by molar-refractivity contribution is 6.82. The maximum absolute atomic E-state index is 3.97. The summed E-state index contributed by atoms with van der Waals surface area (Å²) in [4.78, 5) is 0. The van der Waals surface area contributed by atoms with E-state index in [1.54, 1.807) is 0 Å². The minimum absolute atomic E-state index is 1.01. The monoisotopic (exact) mass is 282 g/mol. The van der Waals surface area contributed by atoms with Crippen LogP contribution in [0.4, 0.5) is 0 Å². The Morgan fingerprint density at radius 3 is 1.42 bits per heavy atom. The first-order chi connectivity index (χ1) is 9.12. The zero-order valence-electron chi connectivity index (χ0n) is 14.0. The Kier molecular flexibility index (Phi) is 12.9. The predicted molar refractivity (Wildman–Crippen MR) is 93.6 cm³/mol. The predicted octanol–water partition coefficient (Wildman–Crippen LogP) is 7.12. The van der Waals surface area contributed by atoms with Crippen LogP contribution in [-0.2, 0) is 0 Å². The van der Waals surface area contributed by atoms with Gasteiger partial charge in [0.1, 0.15) is 0 Å². The number of hydrogen-bond acceptors (Lipinski definition) is 0. The molecule has 114 valence electrons. The standard InChI is InChI=1S/C18H38Si/c1-5-7-8-9-10-11-12-13-14-15-16-17-18-19(3,4)6-2/h6H,2,5,7-18H2,1,3-4H3. The van der Waals surface area contributed by atoms with Gasteiger partial charge in [0.15, 0.2) is 0 Å². The van der Waals surface area contributed by atoms with Gasteiger partial charge < -0.3 is 0 Å². The van der Waals surface area contributed by atoms with E-state index < -0.39 is 8.07 Å². The van der Waals surface area contributed by atoms with Crippen molar-refractivity contribution in [3.63, 3.8) is 0 Å². The third-order valence-electron chi connectivity index (χ3n) is 4.23. The fourth-order valence-corrected chi connectivity index (χ4v) is 3.89. The van der Waals surface area contributed by atoms with Gasteiger partial charge >= 0.3 is 0 Å². The van der Waals surface area contributed by atoms with Gasteiger partial charge in [-0.15, -0.1) is 12.3 Å². The molecule has 0 nitrogen and oxygen atoms in total. The summed E-state index contributed by atoms with van der Waals surface area (Å²) in [5, 5.41) is 0. The third kappa shape index (κ3) is 14.2. The highest BCUT2D eigenvalue weighted by atomic mass is 28.3. The van der Waals surface area contributed by atoms with E-state index in [1.807, 2.05) is 0 Å². The first-order valence-corrected chi connectivity index (χ1v) is 12.0. The smallest absolute Gasteiger partial charge is 0.0709 e. The first kappa shape index (κ1) is 19.0. The van der Waals surface area contributed by atoms with Crippen molar-refractivity contribution >= 4 is 8.07 Å². The van der Waals surface area contributed by atoms with Crippen molar-refractivity contribution in [2.45, 2.75) is 103 Å². The molecule has 0 atom stereocenters. The van der Waals surface area contributed by atoms with Crippen LogP contribution in [0.2, 0.25) is 19.1 Å². The van der Waals surface area contributed by atoms with Crippen LogP contribution in [0, 0.1) is 0 Å². The minimum Gasteiger partial charge on any atom is -0.107 e. The zero-order chi connectivity index (χ0) is 14.4. The maximum Gasteiger partial charge on any atom is 0.0709 e. The van der Waals surface area contributed by atoms with E-state index in [9.17, 15) is 0 Å². The molecule has 0 aromatic heterocycles. The number of rotatable bonds is 14. The molecule has 1 heteroatoms. The lowest BCUT2D eigenvalue weighted by Crippen LogP contribution is -2.21. The summed E-state index contributed by atoms with van der Waals surface area (Å²) in [6.07, 6.45) is 17.4. The molecule has 0 unspecified atom stereocenters. The molecule has 0 aliphatic carbocycles. The largest absolute Gasteiger partial charge is 0.107 e. The SMILES string of the molecule is C=C[Si](C)(C)CCCCCCCCCCCCCC. The van der Waals surface area contributed by atoms with Gasteiger partial charge in [0.05, 0.1) is 8.07 Å². The average Bonchev–Trinajstić information content (AvgIpc) is 2.40. The lowest BCUT2D eigenvalue weighted by molar-refractivity contribution is 0.547. The Morgan fingerprint density at radius 2 is 1.05 bits per heavy atom. The minimum atomic E-state index is -1.01. The summed E-state index contributed by atoms with van der Waals surface area (Å²) in [6.45, 7) is 11.1. The van der Waals surface area contributed by atoms with Crippen molar-refractivity contribution in [1.29, 1.82) is 0 Å². The summed E-state index contributed by atoms with van der Waals surface area (Å²) < 4.78 is 0. The molecule has 0 bridgehead atoms. The molecular formula is C18H38Si. The van der Waals surface area contributed by atoms with Crippen molar-refractivity contribution < 1.29 is 0 Å². The van der Waals surface area contributed by atoms with Gasteiger partial charge in [-0.25, -0.2) is 0 Å². The molecule has 0 saturated carbocycles. The van der Waals surface area contributed by atoms with Crippen molar-refractivity contribution in [3.8, 4) is 0 Å². The van der Waals surface area contributed by atoms with E-state index in [-0.39, 0.29) is 0 Å². The maximum atomic E-state index is 3.97. The molecule has 0 saturated heterocycles. The third-order valence-corrected chi connectivity index (χ3v) is 6.97. The van der Waals surface area contributed by atoms with Crippen LogP contribution in [0.1, 0.15) is 84.0 Å². The molecule has 0 amide bonds. The topological polar surface area (TPSA) is 0 Å². The van der Waals surface area contributed by atoms with E-state index in [0.29, 0.717) is 0 Å². The Morgan fingerprint density at radius 1 is 0.684 bits per heavy atom. The molecule has 0 rings (SSSR count). The number of hydrogen-bond donors (Lipinski definition) is 0. The normalized spacial score (nSPS) is 11.7. The molecule has 0 aromatic rings. The van der Waals surface area contributed by atoms with E-state index in [4.69, 9.17) is 0 Å². The molecular weight excluding hydrogens is 244 g/mol. The van der Waals surface area contributed by atoms with Gasteiger partial charge in [0.2, 0.25) is 0 Å².